The van der Waals surface area contributed by atoms with E-state index in [2.05, 4.69) is 5.32 Å². The fourth-order valence-electron chi connectivity index (χ4n) is 1.76. The molecule has 0 aliphatic carbocycles. The van der Waals surface area contributed by atoms with Gasteiger partial charge in [-0.05, 0) is 36.3 Å². The van der Waals surface area contributed by atoms with Crippen molar-refractivity contribution in [1.82, 2.24) is 5.32 Å². The highest BCUT2D eigenvalue weighted by Gasteiger charge is 2.10. The maximum absolute atomic E-state index is 13.3. The summed E-state index contributed by atoms with van der Waals surface area (Å²) in [6, 6.07) is 4.87. The Labute approximate surface area is 110 Å². The number of halogens is 3. The van der Waals surface area contributed by atoms with E-state index < -0.39 is 0 Å². The fourth-order valence-corrected chi connectivity index (χ4v) is 2.11. The molecular weight excluding hydrogens is 260 g/mol. The number of hydrogen-bond acceptors (Lipinski definition) is 1. The maximum Gasteiger partial charge on any atom is 0.142 e. The molecule has 1 aliphatic rings. The molecule has 0 amide bonds. The Morgan fingerprint density at radius 2 is 2.12 bits per heavy atom. The van der Waals surface area contributed by atoms with Gasteiger partial charge in [0.25, 0.3) is 0 Å². The lowest BCUT2D eigenvalue weighted by atomic mass is 10.0. The predicted molar refractivity (Wildman–Crippen MR) is 69.8 cm³/mol. The third-order valence-corrected chi connectivity index (χ3v) is 3.23. The van der Waals surface area contributed by atoms with Crippen molar-refractivity contribution in [1.29, 1.82) is 0 Å². The van der Waals surface area contributed by atoms with Gasteiger partial charge < -0.3 is 5.32 Å². The van der Waals surface area contributed by atoms with Gasteiger partial charge in [0.05, 0.1) is 11.6 Å². The first kappa shape index (κ1) is 12.5. The molecule has 1 aromatic carbocycles. The first-order valence-corrected chi connectivity index (χ1v) is 6.05. The molecule has 2 rings (SSSR count). The third-order valence-electron chi connectivity index (χ3n) is 2.68. The number of hydrogen-bond donors (Lipinski definition) is 1. The number of benzene rings is 1. The highest BCUT2D eigenvalue weighted by Crippen LogP contribution is 2.21. The average molecular weight is 272 g/mol. The summed E-state index contributed by atoms with van der Waals surface area (Å²) in [6.07, 6.45) is 2.58. The van der Waals surface area contributed by atoms with Gasteiger partial charge in [0.15, 0.2) is 0 Å². The zero-order chi connectivity index (χ0) is 12.4. The molecule has 17 heavy (non-hydrogen) atoms. The number of dihydropyridines is 1. The molecule has 0 saturated heterocycles. The van der Waals surface area contributed by atoms with Crippen LogP contribution in [-0.4, -0.2) is 6.54 Å². The van der Waals surface area contributed by atoms with Crippen LogP contribution in [0.4, 0.5) is 4.39 Å². The van der Waals surface area contributed by atoms with Crippen LogP contribution in [0.1, 0.15) is 12.5 Å². The Morgan fingerprint density at radius 1 is 1.35 bits per heavy atom. The molecule has 90 valence electrons. The van der Waals surface area contributed by atoms with Gasteiger partial charge in [0.1, 0.15) is 5.82 Å². The molecular formula is C13H12Cl2FN. The lowest BCUT2D eigenvalue weighted by Crippen LogP contribution is -2.21. The van der Waals surface area contributed by atoms with E-state index in [4.69, 9.17) is 23.2 Å². The summed E-state index contributed by atoms with van der Waals surface area (Å²) in [4.78, 5) is 0. The second-order valence-electron chi connectivity index (χ2n) is 4.03. The average Bonchev–Trinajstić information content (AvgIpc) is 2.27. The van der Waals surface area contributed by atoms with E-state index in [0.29, 0.717) is 13.0 Å². The van der Waals surface area contributed by atoms with E-state index in [1.165, 1.54) is 6.07 Å². The first-order chi connectivity index (χ1) is 8.06. The lowest BCUT2D eigenvalue weighted by molar-refractivity contribution is 0.626. The predicted octanol–water partition coefficient (Wildman–Crippen LogP) is 4.02. The van der Waals surface area contributed by atoms with Gasteiger partial charge in [0.2, 0.25) is 0 Å². The topological polar surface area (TPSA) is 12.0 Å². The fraction of sp³-hybridized carbons (Fsp3) is 0.231. The molecule has 0 aromatic heterocycles. The molecule has 0 bridgehead atoms. The SMILES string of the molecule is CC1=C(Cc2ccc(Cl)c(F)c2)NCC(Cl)=C1. The highest BCUT2D eigenvalue weighted by molar-refractivity contribution is 6.30. The van der Waals surface area contributed by atoms with E-state index in [1.54, 1.807) is 6.07 Å². The maximum atomic E-state index is 13.3. The van der Waals surface area contributed by atoms with Crippen molar-refractivity contribution in [2.24, 2.45) is 0 Å². The minimum Gasteiger partial charge on any atom is -0.383 e. The number of allylic oxidation sites excluding steroid dienone is 3. The quantitative estimate of drug-likeness (QED) is 0.857. The first-order valence-electron chi connectivity index (χ1n) is 5.30. The molecule has 0 atom stereocenters. The molecule has 1 aliphatic heterocycles. The summed E-state index contributed by atoms with van der Waals surface area (Å²) in [5.41, 5.74) is 3.04. The van der Waals surface area contributed by atoms with Crippen molar-refractivity contribution in [2.75, 3.05) is 6.54 Å². The molecule has 0 radical (unpaired) electrons. The van der Waals surface area contributed by atoms with Crippen molar-refractivity contribution in [3.8, 4) is 0 Å². The molecule has 1 aromatic rings. The van der Waals surface area contributed by atoms with Gasteiger partial charge in [-0.1, -0.05) is 29.3 Å². The number of nitrogens with one attached hydrogen (secondary N) is 1. The molecule has 1 heterocycles. The monoisotopic (exact) mass is 271 g/mol. The molecule has 0 unspecified atom stereocenters. The Morgan fingerprint density at radius 3 is 2.76 bits per heavy atom. The minimum absolute atomic E-state index is 0.152. The van der Waals surface area contributed by atoms with Crippen LogP contribution in [0.25, 0.3) is 0 Å². The van der Waals surface area contributed by atoms with Gasteiger partial charge in [-0.15, -0.1) is 0 Å². The Bertz CT molecular complexity index is 506. The smallest absolute Gasteiger partial charge is 0.142 e. The summed E-state index contributed by atoms with van der Waals surface area (Å²) in [6.45, 7) is 2.61. The van der Waals surface area contributed by atoms with Crippen LogP contribution in [0, 0.1) is 5.82 Å². The summed E-state index contributed by atoms with van der Waals surface area (Å²) in [5.74, 6) is -0.383. The molecule has 1 N–H and O–H groups in total. The van der Waals surface area contributed by atoms with Crippen molar-refractivity contribution >= 4 is 23.2 Å². The molecule has 4 heteroatoms. The van der Waals surface area contributed by atoms with E-state index >= 15 is 0 Å². The van der Waals surface area contributed by atoms with Crippen molar-refractivity contribution in [3.63, 3.8) is 0 Å². The Balaban J connectivity index is 2.21. The second-order valence-corrected chi connectivity index (χ2v) is 4.92. The largest absolute Gasteiger partial charge is 0.383 e. The van der Waals surface area contributed by atoms with E-state index in [1.807, 2.05) is 19.1 Å². The van der Waals surface area contributed by atoms with Crippen LogP contribution in [0.2, 0.25) is 5.02 Å². The molecule has 0 fully saturated rings. The third kappa shape index (κ3) is 3.02. The summed E-state index contributed by atoms with van der Waals surface area (Å²) < 4.78 is 13.3. The summed E-state index contributed by atoms with van der Waals surface area (Å²) in [7, 11) is 0. The van der Waals surface area contributed by atoms with Crippen molar-refractivity contribution in [3.05, 3.63) is 57.0 Å². The molecule has 0 saturated carbocycles. The van der Waals surface area contributed by atoms with Crippen LogP contribution in [0.5, 0.6) is 0 Å². The highest BCUT2D eigenvalue weighted by atomic mass is 35.5. The van der Waals surface area contributed by atoms with Gasteiger partial charge >= 0.3 is 0 Å². The summed E-state index contributed by atoms with van der Waals surface area (Å²) >= 11 is 11.6. The minimum atomic E-state index is -0.383. The van der Waals surface area contributed by atoms with E-state index in [0.717, 1.165) is 21.9 Å². The van der Waals surface area contributed by atoms with Crippen molar-refractivity contribution in [2.45, 2.75) is 13.3 Å². The van der Waals surface area contributed by atoms with E-state index in [-0.39, 0.29) is 10.8 Å². The van der Waals surface area contributed by atoms with Gasteiger partial charge in [-0.25, -0.2) is 4.39 Å². The van der Waals surface area contributed by atoms with Crippen molar-refractivity contribution < 1.29 is 4.39 Å². The van der Waals surface area contributed by atoms with Gasteiger partial charge in [-0.2, -0.15) is 0 Å². The molecule has 0 spiro atoms. The zero-order valence-electron chi connectivity index (χ0n) is 9.36. The van der Waals surface area contributed by atoms with Crippen LogP contribution in [-0.2, 0) is 6.42 Å². The van der Waals surface area contributed by atoms with Crippen LogP contribution < -0.4 is 5.32 Å². The standard InChI is InChI=1S/C13H12Cl2FN/c1-8-4-10(14)7-17-13(8)6-9-2-3-11(15)12(16)5-9/h2-5,17H,6-7H2,1H3. The lowest BCUT2D eigenvalue weighted by Gasteiger charge is -2.18. The zero-order valence-corrected chi connectivity index (χ0v) is 10.9. The Kier molecular flexibility index (Phi) is 3.75. The summed E-state index contributed by atoms with van der Waals surface area (Å²) in [5, 5.41) is 4.16. The van der Waals surface area contributed by atoms with Crippen LogP contribution in [0.15, 0.2) is 40.6 Å². The van der Waals surface area contributed by atoms with Crippen LogP contribution >= 0.6 is 23.2 Å². The van der Waals surface area contributed by atoms with Gasteiger partial charge in [0, 0.05) is 17.2 Å². The van der Waals surface area contributed by atoms with Gasteiger partial charge in [-0.3, -0.25) is 0 Å². The second kappa shape index (κ2) is 5.11. The Hall–Kier alpha value is -0.990. The normalized spacial score (nSPS) is 15.6. The molecule has 1 nitrogen and oxygen atoms in total. The van der Waals surface area contributed by atoms with Crippen LogP contribution in [0.3, 0.4) is 0 Å². The van der Waals surface area contributed by atoms with E-state index in [9.17, 15) is 4.39 Å². The number of rotatable bonds is 2.